The third-order valence-corrected chi connectivity index (χ3v) is 4.10. The molecule has 0 radical (unpaired) electrons. The second-order valence-corrected chi connectivity index (χ2v) is 6.52. The summed E-state index contributed by atoms with van der Waals surface area (Å²) in [6.45, 7) is 1.97. The van der Waals surface area contributed by atoms with Crippen molar-refractivity contribution in [1.82, 2.24) is 5.32 Å². The average Bonchev–Trinajstić information content (AvgIpc) is 2.54. The number of rotatable bonds is 5. The SMILES string of the molecule is CC(CCCBr)NC(=O)c1cc(Cl)sc1Cl. The Bertz CT molecular complexity index is 370. The van der Waals surface area contributed by atoms with Crippen molar-refractivity contribution in [3.05, 3.63) is 20.3 Å². The Labute approximate surface area is 117 Å². The summed E-state index contributed by atoms with van der Waals surface area (Å²) in [7, 11) is 0. The van der Waals surface area contributed by atoms with Gasteiger partial charge in [0, 0.05) is 11.4 Å². The first-order chi connectivity index (χ1) is 7.54. The molecule has 1 aromatic rings. The molecule has 1 N–H and O–H groups in total. The molecule has 1 atom stereocenters. The molecule has 0 aliphatic heterocycles. The molecule has 1 amide bonds. The summed E-state index contributed by atoms with van der Waals surface area (Å²) in [5.74, 6) is -0.157. The normalized spacial score (nSPS) is 12.5. The van der Waals surface area contributed by atoms with Gasteiger partial charge in [-0.2, -0.15) is 0 Å². The maximum Gasteiger partial charge on any atom is 0.253 e. The van der Waals surface area contributed by atoms with Crippen LogP contribution in [0.1, 0.15) is 30.1 Å². The summed E-state index contributed by atoms with van der Waals surface area (Å²) in [5.41, 5.74) is 0.461. The van der Waals surface area contributed by atoms with Crippen molar-refractivity contribution in [2.75, 3.05) is 5.33 Å². The molecule has 0 aliphatic rings. The van der Waals surface area contributed by atoms with Gasteiger partial charge in [-0.1, -0.05) is 39.1 Å². The minimum absolute atomic E-state index is 0.139. The topological polar surface area (TPSA) is 29.1 Å². The second kappa shape index (κ2) is 6.84. The molecular formula is C10H12BrCl2NOS. The van der Waals surface area contributed by atoms with E-state index in [1.807, 2.05) is 6.92 Å². The van der Waals surface area contributed by atoms with Crippen LogP contribution in [0.15, 0.2) is 6.07 Å². The molecule has 6 heteroatoms. The summed E-state index contributed by atoms with van der Waals surface area (Å²) in [6, 6.07) is 1.74. The number of hydrogen-bond acceptors (Lipinski definition) is 2. The van der Waals surface area contributed by atoms with Crippen molar-refractivity contribution >= 4 is 56.4 Å². The van der Waals surface area contributed by atoms with Crippen LogP contribution in [0.5, 0.6) is 0 Å². The molecule has 1 unspecified atom stereocenters. The van der Waals surface area contributed by atoms with E-state index in [9.17, 15) is 4.79 Å². The highest BCUT2D eigenvalue weighted by Gasteiger charge is 2.15. The predicted octanol–water partition coefficient (Wildman–Crippen LogP) is 4.35. The van der Waals surface area contributed by atoms with E-state index in [0.717, 1.165) is 18.2 Å². The Kier molecular flexibility index (Phi) is 6.11. The Morgan fingerprint density at radius 3 is 2.81 bits per heavy atom. The highest BCUT2D eigenvalue weighted by Crippen LogP contribution is 2.31. The average molecular weight is 345 g/mol. The van der Waals surface area contributed by atoms with E-state index in [4.69, 9.17) is 23.2 Å². The van der Waals surface area contributed by atoms with Crippen LogP contribution in [-0.4, -0.2) is 17.3 Å². The lowest BCUT2D eigenvalue weighted by Gasteiger charge is -2.12. The van der Waals surface area contributed by atoms with E-state index in [1.165, 1.54) is 11.3 Å². The monoisotopic (exact) mass is 343 g/mol. The summed E-state index contributed by atoms with van der Waals surface area (Å²) < 4.78 is 0.971. The Hall–Kier alpha value is 0.230. The fourth-order valence-corrected chi connectivity index (χ4v) is 3.03. The summed E-state index contributed by atoms with van der Waals surface area (Å²) >= 11 is 16.2. The van der Waals surface area contributed by atoms with Crippen molar-refractivity contribution in [3.8, 4) is 0 Å². The first-order valence-corrected chi connectivity index (χ1v) is 7.55. The van der Waals surface area contributed by atoms with Gasteiger partial charge < -0.3 is 5.32 Å². The Morgan fingerprint density at radius 2 is 2.31 bits per heavy atom. The molecule has 1 heterocycles. The fraction of sp³-hybridized carbons (Fsp3) is 0.500. The van der Waals surface area contributed by atoms with E-state index in [2.05, 4.69) is 21.2 Å². The highest BCUT2D eigenvalue weighted by molar-refractivity contribution is 9.09. The van der Waals surface area contributed by atoms with Crippen LogP contribution in [0.2, 0.25) is 8.67 Å². The Balaban J connectivity index is 2.55. The van der Waals surface area contributed by atoms with Crippen molar-refractivity contribution in [2.45, 2.75) is 25.8 Å². The van der Waals surface area contributed by atoms with Gasteiger partial charge in [0.2, 0.25) is 0 Å². The van der Waals surface area contributed by atoms with Gasteiger partial charge >= 0.3 is 0 Å². The van der Waals surface area contributed by atoms with Gasteiger partial charge in [0.05, 0.1) is 9.90 Å². The molecule has 0 saturated carbocycles. The zero-order valence-corrected chi connectivity index (χ0v) is 12.6. The van der Waals surface area contributed by atoms with E-state index in [-0.39, 0.29) is 11.9 Å². The molecule has 0 saturated heterocycles. The number of hydrogen-bond donors (Lipinski definition) is 1. The number of nitrogens with one attached hydrogen (secondary N) is 1. The van der Waals surface area contributed by atoms with Gasteiger partial charge in [-0.25, -0.2) is 0 Å². The third kappa shape index (κ3) is 4.24. The predicted molar refractivity (Wildman–Crippen MR) is 74.3 cm³/mol. The van der Waals surface area contributed by atoms with Gasteiger partial charge in [-0.15, -0.1) is 11.3 Å². The second-order valence-electron chi connectivity index (χ2n) is 3.44. The lowest BCUT2D eigenvalue weighted by Crippen LogP contribution is -2.32. The first kappa shape index (κ1) is 14.3. The van der Waals surface area contributed by atoms with Crippen LogP contribution in [0.25, 0.3) is 0 Å². The van der Waals surface area contributed by atoms with Crippen LogP contribution in [0, 0.1) is 0 Å². The van der Waals surface area contributed by atoms with E-state index >= 15 is 0 Å². The Morgan fingerprint density at radius 1 is 1.62 bits per heavy atom. The van der Waals surface area contributed by atoms with Gasteiger partial charge in [-0.05, 0) is 25.8 Å². The molecule has 0 aromatic carbocycles. The third-order valence-electron chi connectivity index (χ3n) is 2.05. The molecule has 16 heavy (non-hydrogen) atoms. The zero-order chi connectivity index (χ0) is 12.1. The van der Waals surface area contributed by atoms with Crippen LogP contribution in [0.4, 0.5) is 0 Å². The largest absolute Gasteiger partial charge is 0.350 e. The quantitative estimate of drug-likeness (QED) is 0.790. The number of carbonyl (C=O) groups excluding carboxylic acids is 1. The maximum atomic E-state index is 11.8. The van der Waals surface area contributed by atoms with Gasteiger partial charge in [-0.3, -0.25) is 4.79 Å². The molecule has 0 bridgehead atoms. The number of halogens is 3. The van der Waals surface area contributed by atoms with Crippen LogP contribution in [0.3, 0.4) is 0 Å². The fourth-order valence-electron chi connectivity index (χ4n) is 1.25. The minimum atomic E-state index is -0.157. The summed E-state index contributed by atoms with van der Waals surface area (Å²) in [6.07, 6.45) is 1.96. The number of alkyl halides is 1. The summed E-state index contributed by atoms with van der Waals surface area (Å²) in [4.78, 5) is 11.8. The number of carbonyl (C=O) groups is 1. The molecule has 2 nitrogen and oxygen atoms in total. The van der Waals surface area contributed by atoms with Crippen molar-refractivity contribution in [2.24, 2.45) is 0 Å². The van der Waals surface area contributed by atoms with Crippen molar-refractivity contribution in [3.63, 3.8) is 0 Å². The molecule has 0 spiro atoms. The first-order valence-electron chi connectivity index (χ1n) is 4.86. The number of thiophene rings is 1. The number of amides is 1. The van der Waals surface area contributed by atoms with Gasteiger partial charge in [0.1, 0.15) is 4.34 Å². The van der Waals surface area contributed by atoms with Crippen LogP contribution in [-0.2, 0) is 0 Å². The molecular weight excluding hydrogens is 333 g/mol. The lowest BCUT2D eigenvalue weighted by atomic mass is 10.2. The van der Waals surface area contributed by atoms with Crippen molar-refractivity contribution in [1.29, 1.82) is 0 Å². The van der Waals surface area contributed by atoms with Crippen molar-refractivity contribution < 1.29 is 4.79 Å². The zero-order valence-electron chi connectivity index (χ0n) is 8.73. The smallest absolute Gasteiger partial charge is 0.253 e. The minimum Gasteiger partial charge on any atom is -0.350 e. The molecule has 0 aliphatic carbocycles. The summed E-state index contributed by atoms with van der Waals surface area (Å²) in [5, 5.41) is 3.83. The molecule has 1 aromatic heterocycles. The van der Waals surface area contributed by atoms with Crippen LogP contribution < -0.4 is 5.32 Å². The standard InChI is InChI=1S/C10H12BrCl2NOS/c1-6(3-2-4-11)14-10(15)7-5-8(12)16-9(7)13/h5-6H,2-4H2,1H3,(H,14,15). The molecule has 1 rings (SSSR count). The van der Waals surface area contributed by atoms with E-state index in [0.29, 0.717) is 14.2 Å². The van der Waals surface area contributed by atoms with E-state index in [1.54, 1.807) is 6.07 Å². The van der Waals surface area contributed by atoms with Gasteiger partial charge in [0.15, 0.2) is 0 Å². The van der Waals surface area contributed by atoms with Gasteiger partial charge in [0.25, 0.3) is 5.91 Å². The maximum absolute atomic E-state index is 11.8. The molecule has 0 fully saturated rings. The highest BCUT2D eigenvalue weighted by atomic mass is 79.9. The van der Waals surface area contributed by atoms with E-state index < -0.39 is 0 Å². The van der Waals surface area contributed by atoms with Crippen LogP contribution >= 0.6 is 50.5 Å². The molecule has 90 valence electrons. The lowest BCUT2D eigenvalue weighted by molar-refractivity contribution is 0.0939.